The van der Waals surface area contributed by atoms with Gasteiger partial charge in [-0.1, -0.05) is 12.1 Å². The summed E-state index contributed by atoms with van der Waals surface area (Å²) in [6.07, 6.45) is 3.33. The molecule has 0 aliphatic heterocycles. The number of hydrogen-bond acceptors (Lipinski definition) is 9. The van der Waals surface area contributed by atoms with Gasteiger partial charge in [0, 0.05) is 34.8 Å². The molecule has 0 radical (unpaired) electrons. The second-order valence-electron chi connectivity index (χ2n) is 9.80. The standard InChI is InChI=1S/C27H26FN5O5S3/c1-14(2)41(37,38)23(25(36)30-13-22(34)31-17-7-8-17)26-32-20-12-19(28)18(11-21(20)40-26)15-3-5-16(6-4-15)24(35)33-27-29-9-10-39-27/h3-6,9-12,14,17,23H,7-8,13H2,1-2H3,(H,30,36)(H,31,34)(H,29,33,35). The fourth-order valence-corrected chi connectivity index (χ4v) is 7.30. The molecule has 1 aliphatic carbocycles. The molecule has 1 fully saturated rings. The molecule has 2 heterocycles. The van der Waals surface area contributed by atoms with Crippen molar-refractivity contribution >= 4 is 65.6 Å². The summed E-state index contributed by atoms with van der Waals surface area (Å²) in [5.74, 6) is -2.21. The van der Waals surface area contributed by atoms with Gasteiger partial charge in [-0.2, -0.15) is 0 Å². The highest BCUT2D eigenvalue weighted by molar-refractivity contribution is 7.93. The first kappa shape index (κ1) is 28.8. The minimum Gasteiger partial charge on any atom is -0.352 e. The Bertz CT molecular complexity index is 1720. The number of nitrogens with one attached hydrogen (secondary N) is 3. The van der Waals surface area contributed by atoms with E-state index in [4.69, 9.17) is 0 Å². The van der Waals surface area contributed by atoms with Gasteiger partial charge in [-0.05, 0) is 50.5 Å². The first-order valence-corrected chi connectivity index (χ1v) is 16.0. The lowest BCUT2D eigenvalue weighted by molar-refractivity contribution is -0.126. The van der Waals surface area contributed by atoms with Crippen LogP contribution in [0.2, 0.25) is 0 Å². The van der Waals surface area contributed by atoms with E-state index in [2.05, 4.69) is 25.9 Å². The maximum absolute atomic E-state index is 15.2. The minimum absolute atomic E-state index is 0.0143. The van der Waals surface area contributed by atoms with E-state index in [9.17, 15) is 22.8 Å². The van der Waals surface area contributed by atoms with Crippen molar-refractivity contribution < 1.29 is 27.2 Å². The molecular weight excluding hydrogens is 590 g/mol. The molecule has 4 aromatic rings. The average Bonchev–Trinajstić information content (AvgIpc) is 3.42. The molecule has 41 heavy (non-hydrogen) atoms. The number of benzene rings is 2. The molecule has 0 spiro atoms. The van der Waals surface area contributed by atoms with E-state index < -0.39 is 38.0 Å². The van der Waals surface area contributed by atoms with Crippen molar-refractivity contribution in [2.24, 2.45) is 0 Å². The summed E-state index contributed by atoms with van der Waals surface area (Å²) in [5, 5.41) is 7.48. The molecule has 1 saturated carbocycles. The lowest BCUT2D eigenvalue weighted by Crippen LogP contribution is -2.42. The number of hydrogen-bond donors (Lipinski definition) is 3. The topological polar surface area (TPSA) is 147 Å². The molecule has 3 amide bonds. The van der Waals surface area contributed by atoms with Crippen molar-refractivity contribution in [3.8, 4) is 11.1 Å². The fourth-order valence-electron chi connectivity index (χ4n) is 4.00. The number of carbonyl (C=O) groups excluding carboxylic acids is 3. The van der Waals surface area contributed by atoms with Crippen LogP contribution in [0.15, 0.2) is 48.0 Å². The highest BCUT2D eigenvalue weighted by Gasteiger charge is 2.39. The molecule has 3 N–H and O–H groups in total. The van der Waals surface area contributed by atoms with Crippen molar-refractivity contribution in [2.45, 2.75) is 43.2 Å². The van der Waals surface area contributed by atoms with Crippen LogP contribution in [0.25, 0.3) is 21.3 Å². The second kappa shape index (κ2) is 11.6. The summed E-state index contributed by atoms with van der Waals surface area (Å²) in [4.78, 5) is 46.0. The smallest absolute Gasteiger partial charge is 0.257 e. The molecule has 0 saturated heterocycles. The molecule has 10 nitrogen and oxygen atoms in total. The maximum atomic E-state index is 15.2. The maximum Gasteiger partial charge on any atom is 0.257 e. The van der Waals surface area contributed by atoms with Gasteiger partial charge in [-0.25, -0.2) is 22.8 Å². The fraction of sp³-hybridized carbons (Fsp3) is 0.296. The van der Waals surface area contributed by atoms with Crippen molar-refractivity contribution in [1.29, 1.82) is 0 Å². The van der Waals surface area contributed by atoms with E-state index in [-0.39, 0.29) is 34.6 Å². The largest absolute Gasteiger partial charge is 0.352 e. The number of amides is 3. The van der Waals surface area contributed by atoms with Crippen LogP contribution >= 0.6 is 22.7 Å². The number of thiazole rings is 2. The van der Waals surface area contributed by atoms with Crippen LogP contribution in [-0.2, 0) is 19.4 Å². The normalized spacial score (nSPS) is 14.1. The number of halogens is 1. The summed E-state index contributed by atoms with van der Waals surface area (Å²) in [7, 11) is -4.03. The van der Waals surface area contributed by atoms with Gasteiger partial charge in [-0.3, -0.25) is 19.7 Å². The third-order valence-corrected chi connectivity index (χ3v) is 10.7. The van der Waals surface area contributed by atoms with E-state index in [0.29, 0.717) is 21.0 Å². The highest BCUT2D eigenvalue weighted by atomic mass is 32.2. The van der Waals surface area contributed by atoms with E-state index in [1.54, 1.807) is 35.8 Å². The van der Waals surface area contributed by atoms with Crippen LogP contribution in [0.5, 0.6) is 0 Å². The van der Waals surface area contributed by atoms with Crippen LogP contribution in [0.1, 0.15) is 47.3 Å². The molecule has 2 aromatic heterocycles. The first-order chi connectivity index (χ1) is 19.5. The molecule has 0 bridgehead atoms. The van der Waals surface area contributed by atoms with Gasteiger partial charge >= 0.3 is 0 Å². The van der Waals surface area contributed by atoms with Gasteiger partial charge in [0.25, 0.3) is 5.91 Å². The van der Waals surface area contributed by atoms with Gasteiger partial charge in [0.15, 0.2) is 20.2 Å². The van der Waals surface area contributed by atoms with Crippen molar-refractivity contribution in [1.82, 2.24) is 20.6 Å². The van der Waals surface area contributed by atoms with Crippen LogP contribution in [0, 0.1) is 5.82 Å². The zero-order valence-electron chi connectivity index (χ0n) is 22.0. The molecule has 5 rings (SSSR count). The predicted octanol–water partition coefficient (Wildman–Crippen LogP) is 4.07. The third-order valence-electron chi connectivity index (χ3n) is 6.42. The predicted molar refractivity (Wildman–Crippen MR) is 156 cm³/mol. The Morgan fingerprint density at radius 1 is 1.12 bits per heavy atom. The van der Waals surface area contributed by atoms with E-state index in [1.807, 2.05) is 0 Å². The van der Waals surface area contributed by atoms with Crippen molar-refractivity contribution in [3.05, 3.63) is 64.4 Å². The van der Waals surface area contributed by atoms with Crippen molar-refractivity contribution in [3.63, 3.8) is 0 Å². The summed E-state index contributed by atoms with van der Waals surface area (Å²) in [5.41, 5.74) is 1.29. The van der Waals surface area contributed by atoms with E-state index in [1.165, 1.54) is 37.3 Å². The number of sulfone groups is 1. The molecular formula is C27H26FN5O5S3. The van der Waals surface area contributed by atoms with Gasteiger partial charge in [0.2, 0.25) is 11.8 Å². The number of rotatable bonds is 10. The molecule has 2 aromatic carbocycles. The SMILES string of the molecule is CC(C)S(=O)(=O)C(C(=O)NCC(=O)NC1CC1)c1nc2cc(F)c(-c3ccc(C(=O)Nc4nccs4)cc3)cc2s1. The van der Waals surface area contributed by atoms with E-state index in [0.717, 1.165) is 24.2 Å². The monoisotopic (exact) mass is 615 g/mol. The van der Waals surface area contributed by atoms with Crippen molar-refractivity contribution in [2.75, 3.05) is 11.9 Å². The Morgan fingerprint density at radius 3 is 2.49 bits per heavy atom. The number of aromatic nitrogens is 2. The zero-order valence-corrected chi connectivity index (χ0v) is 24.5. The number of fused-ring (bicyclic) bond motifs is 1. The van der Waals surface area contributed by atoms with Crippen LogP contribution < -0.4 is 16.0 Å². The van der Waals surface area contributed by atoms with E-state index >= 15 is 4.39 Å². The Balaban J connectivity index is 1.41. The number of carbonyl (C=O) groups is 3. The molecule has 1 unspecified atom stereocenters. The summed E-state index contributed by atoms with van der Waals surface area (Å²) >= 11 is 2.26. The van der Waals surface area contributed by atoms with Gasteiger partial charge < -0.3 is 10.6 Å². The van der Waals surface area contributed by atoms with Gasteiger partial charge in [-0.15, -0.1) is 22.7 Å². The summed E-state index contributed by atoms with van der Waals surface area (Å²) in [6.45, 7) is 2.56. The quantitative estimate of drug-likeness (QED) is 0.244. The molecule has 214 valence electrons. The molecule has 14 heteroatoms. The van der Waals surface area contributed by atoms with Crippen LogP contribution in [-0.4, -0.2) is 53.9 Å². The minimum atomic E-state index is -4.03. The Hall–Kier alpha value is -3.75. The Morgan fingerprint density at radius 2 is 1.85 bits per heavy atom. The number of anilines is 1. The highest BCUT2D eigenvalue weighted by Crippen LogP contribution is 2.36. The lowest BCUT2D eigenvalue weighted by Gasteiger charge is -2.17. The third kappa shape index (κ3) is 6.44. The lowest BCUT2D eigenvalue weighted by atomic mass is 10.0. The molecule has 1 aliphatic rings. The van der Waals surface area contributed by atoms with Gasteiger partial charge in [0.05, 0.1) is 22.0 Å². The summed E-state index contributed by atoms with van der Waals surface area (Å²) in [6, 6.07) is 9.16. The van der Waals surface area contributed by atoms with Crippen LogP contribution in [0.3, 0.4) is 0 Å². The Kier molecular flexibility index (Phi) is 8.16. The summed E-state index contributed by atoms with van der Waals surface area (Å²) < 4.78 is 42.1. The first-order valence-electron chi connectivity index (χ1n) is 12.7. The Labute approximate surface area is 243 Å². The average molecular weight is 616 g/mol. The van der Waals surface area contributed by atoms with Crippen LogP contribution in [0.4, 0.5) is 9.52 Å². The number of nitrogens with zero attached hydrogens (tertiary/aromatic N) is 2. The van der Waals surface area contributed by atoms with Gasteiger partial charge in [0.1, 0.15) is 10.8 Å². The second-order valence-corrected chi connectivity index (χ2v) is 14.3. The molecule has 1 atom stereocenters. The zero-order chi connectivity index (χ0) is 29.3.